The number of halogens is 1. The maximum Gasteiger partial charge on any atom is 0.283 e. The third-order valence-corrected chi connectivity index (χ3v) is 3.73. The highest BCUT2D eigenvalue weighted by Crippen LogP contribution is 2.18. The lowest BCUT2D eigenvalue weighted by atomic mass is 10.1. The fourth-order valence-corrected chi connectivity index (χ4v) is 1.88. The highest BCUT2D eigenvalue weighted by Gasteiger charge is 2.17. The second kappa shape index (κ2) is 7.05. The van der Waals surface area contributed by atoms with E-state index < -0.39 is 0 Å². The summed E-state index contributed by atoms with van der Waals surface area (Å²) in [5.74, 6) is 0. The Kier molecular flexibility index (Phi) is 6.00. The second-order valence-electron chi connectivity index (χ2n) is 5.07. The molecule has 1 aromatic heterocycles. The summed E-state index contributed by atoms with van der Waals surface area (Å²) in [5.41, 5.74) is 0.299. The Morgan fingerprint density at radius 3 is 2.79 bits per heavy atom. The van der Waals surface area contributed by atoms with Crippen LogP contribution in [0.25, 0.3) is 0 Å². The standard InChI is InChI=1S/C13H22BrN3O2/c1-5-6-7-17-12(18)11(14)10(8-16-17)15-9-13(2,3)19-4/h8,15H,5-7,9H2,1-4H3. The van der Waals surface area contributed by atoms with E-state index in [2.05, 4.69) is 33.3 Å². The van der Waals surface area contributed by atoms with Gasteiger partial charge in [-0.2, -0.15) is 5.10 Å². The molecule has 1 aromatic rings. The highest BCUT2D eigenvalue weighted by atomic mass is 79.9. The van der Waals surface area contributed by atoms with Gasteiger partial charge in [-0.25, -0.2) is 4.68 Å². The third kappa shape index (κ3) is 4.62. The lowest BCUT2D eigenvalue weighted by Gasteiger charge is -2.24. The maximum atomic E-state index is 12.1. The van der Waals surface area contributed by atoms with E-state index in [1.165, 1.54) is 4.68 Å². The van der Waals surface area contributed by atoms with Crippen LogP contribution in [0.2, 0.25) is 0 Å². The van der Waals surface area contributed by atoms with Gasteiger partial charge in [-0.3, -0.25) is 4.79 Å². The predicted octanol–water partition coefficient (Wildman–Crippen LogP) is 2.64. The van der Waals surface area contributed by atoms with Crippen molar-refractivity contribution in [3.8, 4) is 0 Å². The number of aromatic nitrogens is 2. The molecule has 1 heterocycles. The topological polar surface area (TPSA) is 56.1 Å². The van der Waals surface area contributed by atoms with Gasteiger partial charge in [-0.05, 0) is 36.2 Å². The molecule has 0 fully saturated rings. The van der Waals surface area contributed by atoms with Gasteiger partial charge in [0.2, 0.25) is 0 Å². The first-order valence-electron chi connectivity index (χ1n) is 6.46. The molecule has 1 N–H and O–H groups in total. The van der Waals surface area contributed by atoms with Crippen LogP contribution in [0.4, 0.5) is 5.69 Å². The molecule has 0 atom stereocenters. The molecule has 0 amide bonds. The Morgan fingerprint density at radius 2 is 2.21 bits per heavy atom. The van der Waals surface area contributed by atoms with Gasteiger partial charge in [-0.1, -0.05) is 13.3 Å². The maximum absolute atomic E-state index is 12.1. The monoisotopic (exact) mass is 331 g/mol. The minimum atomic E-state index is -0.295. The minimum absolute atomic E-state index is 0.103. The summed E-state index contributed by atoms with van der Waals surface area (Å²) in [7, 11) is 1.66. The predicted molar refractivity (Wildman–Crippen MR) is 80.7 cm³/mol. The zero-order valence-electron chi connectivity index (χ0n) is 12.0. The molecule has 0 spiro atoms. The fraction of sp³-hybridized carbons (Fsp3) is 0.692. The molecule has 0 bridgehead atoms. The summed E-state index contributed by atoms with van der Waals surface area (Å²) in [6.07, 6.45) is 3.66. The molecular weight excluding hydrogens is 310 g/mol. The first-order valence-corrected chi connectivity index (χ1v) is 7.25. The first-order chi connectivity index (χ1) is 8.91. The summed E-state index contributed by atoms with van der Waals surface area (Å²) in [6, 6.07) is 0. The summed E-state index contributed by atoms with van der Waals surface area (Å²) in [5, 5.41) is 7.35. The van der Waals surface area contributed by atoms with Gasteiger partial charge in [-0.15, -0.1) is 0 Å². The molecule has 0 aromatic carbocycles. The second-order valence-corrected chi connectivity index (χ2v) is 5.86. The van der Waals surface area contributed by atoms with Crippen LogP contribution in [0, 0.1) is 0 Å². The van der Waals surface area contributed by atoms with Crippen LogP contribution in [0.3, 0.4) is 0 Å². The third-order valence-electron chi connectivity index (χ3n) is 2.97. The van der Waals surface area contributed by atoms with E-state index in [0.717, 1.165) is 12.8 Å². The highest BCUT2D eigenvalue weighted by molar-refractivity contribution is 9.10. The number of aryl methyl sites for hydroxylation is 1. The zero-order chi connectivity index (χ0) is 14.5. The quantitative estimate of drug-likeness (QED) is 0.834. The van der Waals surface area contributed by atoms with Crippen molar-refractivity contribution in [2.45, 2.75) is 45.8 Å². The summed E-state index contributed by atoms with van der Waals surface area (Å²) >= 11 is 3.34. The van der Waals surface area contributed by atoms with Crippen LogP contribution in [-0.2, 0) is 11.3 Å². The number of hydrogen-bond acceptors (Lipinski definition) is 4. The normalized spacial score (nSPS) is 11.6. The molecule has 5 nitrogen and oxygen atoms in total. The van der Waals surface area contributed by atoms with Gasteiger partial charge in [0.05, 0.1) is 17.5 Å². The molecule has 0 unspecified atom stereocenters. The Labute approximate surface area is 122 Å². The smallest absolute Gasteiger partial charge is 0.283 e. The SMILES string of the molecule is CCCCn1ncc(NCC(C)(C)OC)c(Br)c1=O. The van der Waals surface area contributed by atoms with Gasteiger partial charge in [0.25, 0.3) is 5.56 Å². The molecule has 1 rings (SSSR count). The van der Waals surface area contributed by atoms with E-state index in [0.29, 0.717) is 23.2 Å². The molecule has 0 saturated carbocycles. The van der Waals surface area contributed by atoms with Crippen LogP contribution in [0.15, 0.2) is 15.5 Å². The average Bonchev–Trinajstić information content (AvgIpc) is 2.39. The lowest BCUT2D eigenvalue weighted by Crippen LogP contribution is -2.33. The van der Waals surface area contributed by atoms with Crippen molar-refractivity contribution in [3.63, 3.8) is 0 Å². The number of nitrogens with one attached hydrogen (secondary N) is 1. The molecule has 0 aliphatic heterocycles. The largest absolute Gasteiger partial charge is 0.380 e. The number of methoxy groups -OCH3 is 1. The minimum Gasteiger partial charge on any atom is -0.380 e. The number of unbranched alkanes of at least 4 members (excludes halogenated alkanes) is 1. The van der Waals surface area contributed by atoms with Crippen molar-refractivity contribution in [2.75, 3.05) is 19.0 Å². The fourth-order valence-electron chi connectivity index (χ4n) is 1.44. The number of hydrogen-bond donors (Lipinski definition) is 1. The molecular formula is C13H22BrN3O2. The Hall–Kier alpha value is -0.880. The van der Waals surface area contributed by atoms with Crippen molar-refractivity contribution in [1.82, 2.24) is 9.78 Å². The van der Waals surface area contributed by atoms with Crippen LogP contribution < -0.4 is 10.9 Å². The molecule has 19 heavy (non-hydrogen) atoms. The van der Waals surface area contributed by atoms with E-state index in [4.69, 9.17) is 4.74 Å². The van der Waals surface area contributed by atoms with Crippen molar-refractivity contribution in [1.29, 1.82) is 0 Å². The Morgan fingerprint density at radius 1 is 1.53 bits per heavy atom. The number of ether oxygens (including phenoxy) is 1. The zero-order valence-corrected chi connectivity index (χ0v) is 13.6. The van der Waals surface area contributed by atoms with Crippen molar-refractivity contribution in [2.24, 2.45) is 0 Å². The Bertz CT molecular complexity index is 471. The number of nitrogens with zero attached hydrogens (tertiary/aromatic N) is 2. The van der Waals surface area contributed by atoms with Crippen LogP contribution >= 0.6 is 15.9 Å². The molecule has 0 saturated heterocycles. The molecule has 0 aliphatic carbocycles. The van der Waals surface area contributed by atoms with Gasteiger partial charge >= 0.3 is 0 Å². The lowest BCUT2D eigenvalue weighted by molar-refractivity contribution is 0.0343. The summed E-state index contributed by atoms with van der Waals surface area (Å²) in [6.45, 7) is 7.29. The average molecular weight is 332 g/mol. The van der Waals surface area contributed by atoms with Crippen LogP contribution in [-0.4, -0.2) is 29.0 Å². The van der Waals surface area contributed by atoms with E-state index in [9.17, 15) is 4.79 Å². The van der Waals surface area contributed by atoms with Crippen LogP contribution in [0.5, 0.6) is 0 Å². The van der Waals surface area contributed by atoms with Crippen molar-refractivity contribution >= 4 is 21.6 Å². The van der Waals surface area contributed by atoms with Gasteiger partial charge in [0.1, 0.15) is 4.47 Å². The van der Waals surface area contributed by atoms with E-state index in [1.54, 1.807) is 13.3 Å². The van der Waals surface area contributed by atoms with Gasteiger partial charge in [0, 0.05) is 20.2 Å². The Balaban J connectivity index is 2.82. The number of rotatable bonds is 7. The molecule has 0 aliphatic rings. The summed E-state index contributed by atoms with van der Waals surface area (Å²) in [4.78, 5) is 12.1. The van der Waals surface area contributed by atoms with Crippen molar-refractivity contribution in [3.05, 3.63) is 21.0 Å². The molecule has 0 radical (unpaired) electrons. The van der Waals surface area contributed by atoms with E-state index >= 15 is 0 Å². The van der Waals surface area contributed by atoms with Gasteiger partial charge in [0.15, 0.2) is 0 Å². The van der Waals surface area contributed by atoms with E-state index in [1.807, 2.05) is 13.8 Å². The number of anilines is 1. The van der Waals surface area contributed by atoms with E-state index in [-0.39, 0.29) is 11.2 Å². The van der Waals surface area contributed by atoms with Crippen molar-refractivity contribution < 1.29 is 4.74 Å². The molecule has 6 heteroatoms. The molecule has 108 valence electrons. The van der Waals surface area contributed by atoms with Crippen LogP contribution in [0.1, 0.15) is 33.6 Å². The first kappa shape index (κ1) is 16.2. The summed E-state index contributed by atoms with van der Waals surface area (Å²) < 4.78 is 7.33. The van der Waals surface area contributed by atoms with Gasteiger partial charge < -0.3 is 10.1 Å².